The summed E-state index contributed by atoms with van der Waals surface area (Å²) in [6.45, 7) is 17.7. The Morgan fingerprint density at radius 3 is 1.88 bits per heavy atom. The molecule has 0 amide bonds. The summed E-state index contributed by atoms with van der Waals surface area (Å²) >= 11 is 0. The molecular formula is C26H44. The zero-order chi connectivity index (χ0) is 20.0. The molecular weight excluding hydrogens is 312 g/mol. The Morgan fingerprint density at radius 1 is 0.962 bits per heavy atom. The largest absolute Gasteiger partial charge is 0.0991 e. The maximum atomic E-state index is 3.46. The van der Waals surface area contributed by atoms with E-state index in [-0.39, 0.29) is 0 Å². The van der Waals surface area contributed by atoms with Crippen molar-refractivity contribution in [3.63, 3.8) is 0 Å². The topological polar surface area (TPSA) is 0 Å². The normalized spacial score (nSPS) is 13.3. The van der Waals surface area contributed by atoms with Gasteiger partial charge in [-0.3, -0.25) is 0 Å². The number of unbranched alkanes of at least 4 members (excludes halogenated alkanes) is 1. The molecule has 1 aromatic carbocycles. The molecule has 1 fully saturated rings. The molecule has 148 valence electrons. The SMILES string of the molecule is C=C/C=C\C=C.CC.CC1CCCCC1.CCCCc1ccccc1C. The lowest BCUT2D eigenvalue weighted by atomic mass is 9.91. The highest BCUT2D eigenvalue weighted by Crippen LogP contribution is 2.22. The third-order valence-corrected chi connectivity index (χ3v) is 4.34. The monoisotopic (exact) mass is 356 g/mol. The molecule has 0 spiro atoms. The van der Waals surface area contributed by atoms with Gasteiger partial charge in [-0.15, -0.1) is 0 Å². The fourth-order valence-electron chi connectivity index (χ4n) is 2.72. The van der Waals surface area contributed by atoms with Gasteiger partial charge >= 0.3 is 0 Å². The molecule has 0 unspecified atom stereocenters. The Balaban J connectivity index is 0. The molecule has 0 nitrogen and oxygen atoms in total. The quantitative estimate of drug-likeness (QED) is 0.462. The molecule has 0 aliphatic heterocycles. The highest BCUT2D eigenvalue weighted by atomic mass is 14.1. The second kappa shape index (κ2) is 21.5. The van der Waals surface area contributed by atoms with E-state index in [4.69, 9.17) is 0 Å². The molecule has 0 N–H and O–H groups in total. The van der Waals surface area contributed by atoms with Crippen LogP contribution in [-0.4, -0.2) is 0 Å². The minimum absolute atomic E-state index is 1.04. The number of allylic oxidation sites excluding steroid dienone is 4. The van der Waals surface area contributed by atoms with Gasteiger partial charge in [0.05, 0.1) is 0 Å². The molecule has 0 atom stereocenters. The van der Waals surface area contributed by atoms with E-state index < -0.39 is 0 Å². The molecule has 0 heterocycles. The van der Waals surface area contributed by atoms with Gasteiger partial charge < -0.3 is 0 Å². The lowest BCUT2D eigenvalue weighted by Gasteiger charge is -2.15. The first-order valence-electron chi connectivity index (χ1n) is 10.6. The van der Waals surface area contributed by atoms with Crippen LogP contribution in [0.1, 0.15) is 83.8 Å². The van der Waals surface area contributed by atoms with Crippen LogP contribution in [0.3, 0.4) is 0 Å². The van der Waals surface area contributed by atoms with Crippen molar-refractivity contribution in [1.82, 2.24) is 0 Å². The molecule has 0 radical (unpaired) electrons. The second-order valence-electron chi connectivity index (χ2n) is 6.63. The molecule has 26 heavy (non-hydrogen) atoms. The number of hydrogen-bond acceptors (Lipinski definition) is 0. The predicted octanol–water partition coefficient (Wildman–Crippen LogP) is 8.87. The number of hydrogen-bond donors (Lipinski definition) is 0. The summed E-state index contributed by atoms with van der Waals surface area (Å²) in [6, 6.07) is 8.64. The lowest BCUT2D eigenvalue weighted by Crippen LogP contribution is -1.99. The summed E-state index contributed by atoms with van der Waals surface area (Å²) in [6.07, 6.45) is 18.3. The van der Waals surface area contributed by atoms with Crippen molar-refractivity contribution in [2.24, 2.45) is 5.92 Å². The van der Waals surface area contributed by atoms with Crippen LogP contribution in [-0.2, 0) is 6.42 Å². The van der Waals surface area contributed by atoms with Crippen LogP contribution >= 0.6 is 0 Å². The average molecular weight is 357 g/mol. The van der Waals surface area contributed by atoms with Crippen molar-refractivity contribution >= 4 is 0 Å². The van der Waals surface area contributed by atoms with Crippen LogP contribution in [0.5, 0.6) is 0 Å². The van der Waals surface area contributed by atoms with Gasteiger partial charge in [-0.1, -0.05) is 128 Å². The minimum atomic E-state index is 1.04. The predicted molar refractivity (Wildman–Crippen MR) is 123 cm³/mol. The van der Waals surface area contributed by atoms with E-state index >= 15 is 0 Å². The zero-order valence-electron chi connectivity index (χ0n) is 18.3. The van der Waals surface area contributed by atoms with Gasteiger partial charge in [0.2, 0.25) is 0 Å². The molecule has 1 aromatic rings. The van der Waals surface area contributed by atoms with Gasteiger partial charge in [-0.05, 0) is 36.8 Å². The van der Waals surface area contributed by atoms with Crippen LogP contribution in [0, 0.1) is 12.8 Å². The van der Waals surface area contributed by atoms with E-state index in [1.807, 2.05) is 26.0 Å². The van der Waals surface area contributed by atoms with E-state index in [1.165, 1.54) is 62.5 Å². The Bertz CT molecular complexity index is 437. The number of aryl methyl sites for hydroxylation is 2. The van der Waals surface area contributed by atoms with Crippen molar-refractivity contribution in [2.75, 3.05) is 0 Å². The van der Waals surface area contributed by atoms with Crippen LogP contribution in [0.4, 0.5) is 0 Å². The molecule has 0 bridgehead atoms. The van der Waals surface area contributed by atoms with Gasteiger partial charge in [-0.2, -0.15) is 0 Å². The zero-order valence-corrected chi connectivity index (χ0v) is 18.3. The molecule has 0 aromatic heterocycles. The van der Waals surface area contributed by atoms with Gasteiger partial charge in [0.1, 0.15) is 0 Å². The van der Waals surface area contributed by atoms with E-state index in [9.17, 15) is 0 Å². The first-order valence-corrected chi connectivity index (χ1v) is 10.6. The third-order valence-electron chi connectivity index (χ3n) is 4.34. The number of benzene rings is 1. The van der Waals surface area contributed by atoms with Crippen molar-refractivity contribution in [3.05, 3.63) is 72.9 Å². The van der Waals surface area contributed by atoms with Gasteiger partial charge in [-0.25, -0.2) is 0 Å². The minimum Gasteiger partial charge on any atom is -0.0991 e. The summed E-state index contributed by atoms with van der Waals surface area (Å²) in [5, 5.41) is 0. The Kier molecular flexibility index (Phi) is 22.0. The van der Waals surface area contributed by atoms with E-state index in [1.54, 1.807) is 12.2 Å². The van der Waals surface area contributed by atoms with Gasteiger partial charge in [0.25, 0.3) is 0 Å². The lowest BCUT2D eigenvalue weighted by molar-refractivity contribution is 0.385. The van der Waals surface area contributed by atoms with E-state index in [0.717, 1.165) is 5.92 Å². The molecule has 1 aliphatic carbocycles. The first-order chi connectivity index (χ1) is 12.7. The van der Waals surface area contributed by atoms with Crippen molar-refractivity contribution in [1.29, 1.82) is 0 Å². The van der Waals surface area contributed by atoms with E-state index in [0.29, 0.717) is 0 Å². The maximum Gasteiger partial charge on any atom is -0.0276 e. The summed E-state index contributed by atoms with van der Waals surface area (Å²) in [7, 11) is 0. The molecule has 1 aliphatic rings. The summed E-state index contributed by atoms with van der Waals surface area (Å²) < 4.78 is 0. The van der Waals surface area contributed by atoms with Crippen LogP contribution < -0.4 is 0 Å². The van der Waals surface area contributed by atoms with E-state index in [2.05, 4.69) is 58.2 Å². The van der Waals surface area contributed by atoms with Crippen molar-refractivity contribution in [3.8, 4) is 0 Å². The van der Waals surface area contributed by atoms with Crippen molar-refractivity contribution < 1.29 is 0 Å². The van der Waals surface area contributed by atoms with Crippen LogP contribution in [0.15, 0.2) is 61.7 Å². The summed E-state index contributed by atoms with van der Waals surface area (Å²) in [5.41, 5.74) is 2.94. The standard InChI is InChI=1S/C11H16.C7H14.C6H8.C2H6/c1-3-4-8-11-9-6-5-7-10(11)2;1-7-5-3-2-4-6-7;1-3-5-6-4-2;1-2/h5-7,9H,3-4,8H2,1-2H3;7H,2-6H2,1H3;3-6H,1-2H2;1-2H3/b;;6-5-;. The highest BCUT2D eigenvalue weighted by molar-refractivity contribution is 5.25. The fraction of sp³-hybridized carbons (Fsp3) is 0.538. The highest BCUT2D eigenvalue weighted by Gasteiger charge is 2.05. The molecule has 2 rings (SSSR count). The van der Waals surface area contributed by atoms with Crippen molar-refractivity contribution in [2.45, 2.75) is 86.0 Å². The Hall–Kier alpha value is -1.56. The van der Waals surface area contributed by atoms with Gasteiger partial charge in [0.15, 0.2) is 0 Å². The van der Waals surface area contributed by atoms with Gasteiger partial charge in [0, 0.05) is 0 Å². The molecule has 0 heteroatoms. The molecule has 0 saturated heterocycles. The molecule has 1 saturated carbocycles. The smallest absolute Gasteiger partial charge is 0.0276 e. The average Bonchev–Trinajstić information content (AvgIpc) is 2.69. The summed E-state index contributed by atoms with van der Waals surface area (Å²) in [4.78, 5) is 0. The first kappa shape index (κ1) is 26.7. The number of rotatable bonds is 5. The second-order valence-corrected chi connectivity index (χ2v) is 6.63. The Labute approximate surface area is 165 Å². The van der Waals surface area contributed by atoms with Crippen LogP contribution in [0.25, 0.3) is 0 Å². The fourth-order valence-corrected chi connectivity index (χ4v) is 2.72. The Morgan fingerprint density at radius 2 is 1.50 bits per heavy atom. The maximum absolute atomic E-state index is 3.46. The summed E-state index contributed by atoms with van der Waals surface area (Å²) in [5.74, 6) is 1.04. The third kappa shape index (κ3) is 17.3. The van der Waals surface area contributed by atoms with Crippen LogP contribution in [0.2, 0.25) is 0 Å².